The van der Waals surface area contributed by atoms with Gasteiger partial charge in [-0.15, -0.1) is 0 Å². The Morgan fingerprint density at radius 3 is 2.68 bits per heavy atom. The minimum absolute atomic E-state index is 0.0873. The van der Waals surface area contributed by atoms with E-state index in [0.717, 1.165) is 23.7 Å². The molecule has 2 saturated heterocycles. The number of ether oxygens (including phenoxy) is 1. The van der Waals surface area contributed by atoms with Crippen molar-refractivity contribution in [2.45, 2.75) is 31.4 Å². The smallest absolute Gasteiger partial charge is 0.255 e. The Bertz CT molecular complexity index is 1100. The lowest BCUT2D eigenvalue weighted by atomic mass is 9.77. The number of fused-ring (bicyclic) bond motifs is 3. The first-order valence-corrected chi connectivity index (χ1v) is 11.0. The third kappa shape index (κ3) is 3.92. The number of benzene rings is 1. The molecule has 2 aromatic heterocycles. The van der Waals surface area contributed by atoms with Crippen LogP contribution in [0.4, 0.5) is 4.39 Å². The zero-order valence-corrected chi connectivity index (χ0v) is 18.2. The molecule has 2 bridgehead atoms. The van der Waals surface area contributed by atoms with E-state index in [2.05, 4.69) is 30.9 Å². The molecular formula is C23H20BrFN4O2. The van der Waals surface area contributed by atoms with Gasteiger partial charge in [-0.3, -0.25) is 4.79 Å². The molecule has 1 aromatic carbocycles. The van der Waals surface area contributed by atoms with Gasteiger partial charge in [0.1, 0.15) is 11.9 Å². The first-order chi connectivity index (χ1) is 15.1. The molecule has 8 heteroatoms. The van der Waals surface area contributed by atoms with Crippen LogP contribution in [-0.4, -0.2) is 44.4 Å². The number of halogens is 2. The predicted octanol–water partition coefficient (Wildman–Crippen LogP) is 4.51. The summed E-state index contributed by atoms with van der Waals surface area (Å²) in [7, 11) is 0. The molecule has 31 heavy (non-hydrogen) atoms. The number of aromatic nitrogens is 3. The Hall–Kier alpha value is -2.87. The van der Waals surface area contributed by atoms with Crippen LogP contribution in [0.5, 0.6) is 5.88 Å². The summed E-state index contributed by atoms with van der Waals surface area (Å²) in [5.41, 5.74) is 0.417. The highest BCUT2D eigenvalue weighted by molar-refractivity contribution is 9.10. The second-order valence-corrected chi connectivity index (χ2v) is 8.83. The summed E-state index contributed by atoms with van der Waals surface area (Å²) in [6.45, 7) is 0.642. The van der Waals surface area contributed by atoms with Gasteiger partial charge >= 0.3 is 0 Å². The molecule has 1 amide bonds. The summed E-state index contributed by atoms with van der Waals surface area (Å²) in [4.78, 5) is 28.1. The average molecular weight is 483 g/mol. The number of hydrogen-bond donors (Lipinski definition) is 0. The van der Waals surface area contributed by atoms with Crippen LogP contribution in [0, 0.1) is 11.7 Å². The van der Waals surface area contributed by atoms with Crippen molar-refractivity contribution in [3.05, 3.63) is 70.8 Å². The molecule has 0 unspecified atom stereocenters. The number of pyridine rings is 1. The summed E-state index contributed by atoms with van der Waals surface area (Å²) in [5, 5.41) is 0. The maximum Gasteiger partial charge on any atom is 0.255 e. The van der Waals surface area contributed by atoms with Crippen LogP contribution in [0.1, 0.15) is 29.6 Å². The first-order valence-electron chi connectivity index (χ1n) is 10.2. The van der Waals surface area contributed by atoms with Gasteiger partial charge in [0.25, 0.3) is 5.91 Å². The van der Waals surface area contributed by atoms with Crippen LogP contribution in [0.15, 0.2) is 59.5 Å². The van der Waals surface area contributed by atoms with Crippen molar-refractivity contribution in [1.82, 2.24) is 19.9 Å². The fourth-order valence-electron chi connectivity index (χ4n) is 4.59. The molecule has 6 rings (SSSR count). The molecule has 2 aliphatic heterocycles. The van der Waals surface area contributed by atoms with E-state index >= 15 is 0 Å². The van der Waals surface area contributed by atoms with Gasteiger partial charge in [0.05, 0.1) is 17.2 Å². The van der Waals surface area contributed by atoms with Crippen LogP contribution in [0.25, 0.3) is 11.4 Å². The zero-order valence-electron chi connectivity index (χ0n) is 16.6. The second kappa shape index (κ2) is 8.34. The molecule has 4 heterocycles. The van der Waals surface area contributed by atoms with Crippen LogP contribution >= 0.6 is 15.9 Å². The zero-order chi connectivity index (χ0) is 21.4. The maximum atomic E-state index is 14.8. The Labute approximate surface area is 187 Å². The SMILES string of the molecule is O=C(c1cccc(F)c1-c1ncccn1)N1C[C@@H]2CC[C@H]1[C@H](Oc1ccc(Br)cn1)C2. The minimum Gasteiger partial charge on any atom is -0.472 e. The highest BCUT2D eigenvalue weighted by Crippen LogP contribution is 2.38. The number of carbonyl (C=O) groups excluding carboxylic acids is 1. The Balaban J connectivity index is 1.45. The van der Waals surface area contributed by atoms with Crippen molar-refractivity contribution >= 4 is 21.8 Å². The third-order valence-corrected chi connectivity index (χ3v) is 6.46. The molecule has 158 valence electrons. The standard InChI is InChI=1S/C23H20BrFN4O2/c24-15-6-8-20(28-12-15)31-19-11-14-5-7-18(19)29(13-14)23(30)16-3-1-4-17(25)21(16)22-26-9-2-10-27-22/h1-4,6,8-10,12,14,18-19H,5,7,11,13H2/t14-,18+,19-/m1/s1. The number of piperidine rings is 2. The highest BCUT2D eigenvalue weighted by Gasteiger charge is 2.45. The second-order valence-electron chi connectivity index (χ2n) is 7.91. The lowest BCUT2D eigenvalue weighted by Crippen LogP contribution is -2.59. The van der Waals surface area contributed by atoms with E-state index in [1.807, 2.05) is 17.0 Å². The number of rotatable bonds is 4. The number of hydrogen-bond acceptors (Lipinski definition) is 5. The van der Waals surface area contributed by atoms with Crippen molar-refractivity contribution in [3.8, 4) is 17.3 Å². The molecule has 1 aliphatic carbocycles. The van der Waals surface area contributed by atoms with E-state index in [0.29, 0.717) is 18.3 Å². The van der Waals surface area contributed by atoms with Crippen LogP contribution in [-0.2, 0) is 0 Å². The highest BCUT2D eigenvalue weighted by atomic mass is 79.9. The summed E-state index contributed by atoms with van der Waals surface area (Å²) >= 11 is 3.38. The topological polar surface area (TPSA) is 68.2 Å². The van der Waals surface area contributed by atoms with Gasteiger partial charge in [-0.2, -0.15) is 0 Å². The van der Waals surface area contributed by atoms with Crippen LogP contribution in [0.3, 0.4) is 0 Å². The molecule has 3 atom stereocenters. The third-order valence-electron chi connectivity index (χ3n) is 5.99. The Kier molecular flexibility index (Phi) is 5.40. The molecule has 3 fully saturated rings. The minimum atomic E-state index is -0.508. The van der Waals surface area contributed by atoms with Gasteiger partial charge in [-0.05, 0) is 65.4 Å². The quantitative estimate of drug-likeness (QED) is 0.546. The van der Waals surface area contributed by atoms with E-state index in [-0.39, 0.29) is 35.0 Å². The van der Waals surface area contributed by atoms with E-state index in [1.165, 1.54) is 6.07 Å². The van der Waals surface area contributed by atoms with E-state index in [1.54, 1.807) is 36.8 Å². The fourth-order valence-corrected chi connectivity index (χ4v) is 4.83. The summed E-state index contributed by atoms with van der Waals surface area (Å²) in [6, 6.07) is 9.79. The van der Waals surface area contributed by atoms with Gasteiger partial charge in [0, 0.05) is 35.7 Å². The monoisotopic (exact) mass is 482 g/mol. The lowest BCUT2D eigenvalue weighted by Gasteiger charge is -2.49. The predicted molar refractivity (Wildman–Crippen MR) is 116 cm³/mol. The van der Waals surface area contributed by atoms with E-state index < -0.39 is 5.82 Å². The number of carbonyl (C=O) groups is 1. The molecular weight excluding hydrogens is 463 g/mol. The molecule has 0 N–H and O–H groups in total. The Morgan fingerprint density at radius 1 is 1.10 bits per heavy atom. The van der Waals surface area contributed by atoms with Crippen molar-refractivity contribution in [3.63, 3.8) is 0 Å². The van der Waals surface area contributed by atoms with Gasteiger partial charge in [-0.1, -0.05) is 6.07 Å². The van der Waals surface area contributed by atoms with Gasteiger partial charge in [0.2, 0.25) is 5.88 Å². The van der Waals surface area contributed by atoms with Crippen molar-refractivity contribution in [1.29, 1.82) is 0 Å². The normalized spacial score (nSPS) is 22.4. The molecule has 3 aliphatic rings. The summed E-state index contributed by atoms with van der Waals surface area (Å²) in [5.74, 6) is 0.370. The molecule has 1 saturated carbocycles. The molecule has 0 spiro atoms. The van der Waals surface area contributed by atoms with Crippen molar-refractivity contribution < 1.29 is 13.9 Å². The van der Waals surface area contributed by atoms with E-state index in [4.69, 9.17) is 4.74 Å². The number of amides is 1. The summed E-state index contributed by atoms with van der Waals surface area (Å²) < 4.78 is 21.8. The van der Waals surface area contributed by atoms with Crippen molar-refractivity contribution in [2.75, 3.05) is 6.54 Å². The van der Waals surface area contributed by atoms with Gasteiger partial charge < -0.3 is 9.64 Å². The van der Waals surface area contributed by atoms with Gasteiger partial charge in [-0.25, -0.2) is 19.3 Å². The average Bonchev–Trinajstić information content (AvgIpc) is 2.81. The van der Waals surface area contributed by atoms with Crippen LogP contribution in [0.2, 0.25) is 0 Å². The Morgan fingerprint density at radius 2 is 1.94 bits per heavy atom. The van der Waals surface area contributed by atoms with E-state index in [9.17, 15) is 9.18 Å². The molecule has 0 radical (unpaired) electrons. The molecule has 3 aromatic rings. The lowest BCUT2D eigenvalue weighted by molar-refractivity contribution is -0.0313. The largest absolute Gasteiger partial charge is 0.472 e. The summed E-state index contributed by atoms with van der Waals surface area (Å²) in [6.07, 6.45) is 7.42. The van der Waals surface area contributed by atoms with Crippen molar-refractivity contribution in [2.24, 2.45) is 5.92 Å². The number of nitrogens with zero attached hydrogens (tertiary/aromatic N) is 4. The van der Waals surface area contributed by atoms with Crippen LogP contribution < -0.4 is 4.74 Å². The fraction of sp³-hybridized carbons (Fsp3) is 0.304. The first kappa shape index (κ1) is 20.1. The van der Waals surface area contributed by atoms with Gasteiger partial charge in [0.15, 0.2) is 5.82 Å². The maximum absolute atomic E-state index is 14.8. The molecule has 6 nitrogen and oxygen atoms in total.